The molecule has 0 spiro atoms. The molecule has 2 heteroatoms. The van der Waals surface area contributed by atoms with Crippen molar-refractivity contribution in [2.45, 2.75) is 94.4 Å². The molecule has 0 aromatic carbocycles. The lowest BCUT2D eigenvalue weighted by molar-refractivity contribution is 0.0286. The van der Waals surface area contributed by atoms with Crippen molar-refractivity contribution in [3.8, 4) is 0 Å². The van der Waals surface area contributed by atoms with Gasteiger partial charge in [0.2, 0.25) is 0 Å². The fourth-order valence-electron chi connectivity index (χ4n) is 4.11. The molecular weight excluding hydrogens is 360 g/mol. The fourth-order valence-corrected chi connectivity index (χ4v) is 5.67. The molecule has 0 bridgehead atoms. The molecule has 166 valence electrons. The summed E-state index contributed by atoms with van der Waals surface area (Å²) < 4.78 is 5.29. The van der Waals surface area contributed by atoms with E-state index < -0.39 is 0 Å². The summed E-state index contributed by atoms with van der Waals surface area (Å²) in [6.07, 6.45) is 11.1. The number of hydrogen-bond acceptors (Lipinski definition) is 2. The Balaban J connectivity index is 0.000000210. The van der Waals surface area contributed by atoms with E-state index in [2.05, 4.69) is 86.2 Å². The quantitative estimate of drug-likeness (QED) is 0.372. The molecule has 1 aliphatic carbocycles. The number of rotatable bonds is 0. The molecule has 0 radical (unpaired) electrons. The molecule has 1 unspecified atom stereocenters. The second-order valence-electron chi connectivity index (χ2n) is 12.2. The van der Waals surface area contributed by atoms with Crippen LogP contribution in [-0.4, -0.2) is 24.7 Å². The highest BCUT2D eigenvalue weighted by atomic mass is 32.2. The molecule has 2 saturated heterocycles. The van der Waals surface area contributed by atoms with Gasteiger partial charge in [0.05, 0.1) is 0 Å². The predicted molar refractivity (Wildman–Crippen MR) is 129 cm³/mol. The van der Waals surface area contributed by atoms with Crippen LogP contribution in [0.4, 0.5) is 0 Å². The van der Waals surface area contributed by atoms with Crippen molar-refractivity contribution in [2.75, 3.05) is 24.7 Å². The van der Waals surface area contributed by atoms with Crippen LogP contribution < -0.4 is 0 Å². The Labute approximate surface area is 181 Å². The van der Waals surface area contributed by atoms with E-state index in [0.29, 0.717) is 16.2 Å². The first kappa shape index (κ1) is 26.1. The van der Waals surface area contributed by atoms with E-state index in [9.17, 15) is 0 Å². The number of hydrogen-bond donors (Lipinski definition) is 0. The fraction of sp³-hybridized carbons (Fsp3) is 0.923. The van der Waals surface area contributed by atoms with Crippen molar-refractivity contribution in [2.24, 2.45) is 34.0 Å². The van der Waals surface area contributed by atoms with Crippen LogP contribution >= 0.6 is 11.8 Å². The summed E-state index contributed by atoms with van der Waals surface area (Å²) >= 11 is 2.11. The second kappa shape index (κ2) is 11.4. The molecule has 2 heterocycles. The van der Waals surface area contributed by atoms with Crippen LogP contribution in [0.25, 0.3) is 0 Å². The SMILES string of the molecule is CC(C)(C)C1CC=CC1.CC(C)(C)C1CCOCC1.CC(C)(C)C1CCSC1. The zero-order valence-electron chi connectivity index (χ0n) is 20.6. The predicted octanol–water partition coefficient (Wildman–Crippen LogP) is 8.24. The van der Waals surface area contributed by atoms with Crippen molar-refractivity contribution >= 4 is 11.8 Å². The van der Waals surface area contributed by atoms with Crippen molar-refractivity contribution in [3.63, 3.8) is 0 Å². The Morgan fingerprint density at radius 1 is 0.643 bits per heavy atom. The van der Waals surface area contributed by atoms with E-state index >= 15 is 0 Å². The average Bonchev–Trinajstić information content (AvgIpc) is 3.29. The Morgan fingerprint density at radius 2 is 1.11 bits per heavy atom. The highest BCUT2D eigenvalue weighted by Gasteiger charge is 2.27. The number of thioether (sulfide) groups is 1. The molecule has 1 nitrogen and oxygen atoms in total. The lowest BCUT2D eigenvalue weighted by Crippen LogP contribution is -2.27. The zero-order chi connectivity index (χ0) is 21.4. The summed E-state index contributed by atoms with van der Waals surface area (Å²) in [5.74, 6) is 5.53. The molecule has 0 aromatic rings. The summed E-state index contributed by atoms with van der Waals surface area (Å²) in [5, 5.41) is 0. The van der Waals surface area contributed by atoms with Gasteiger partial charge in [-0.05, 0) is 77.6 Å². The third kappa shape index (κ3) is 10.2. The van der Waals surface area contributed by atoms with Gasteiger partial charge < -0.3 is 4.74 Å². The summed E-state index contributed by atoms with van der Waals surface area (Å²) in [6.45, 7) is 22.9. The minimum absolute atomic E-state index is 0.490. The lowest BCUT2D eigenvalue weighted by Gasteiger charge is -2.33. The Morgan fingerprint density at radius 3 is 1.36 bits per heavy atom. The first-order chi connectivity index (χ1) is 12.8. The van der Waals surface area contributed by atoms with Crippen LogP contribution in [0.5, 0.6) is 0 Å². The summed E-state index contributed by atoms with van der Waals surface area (Å²) in [7, 11) is 0. The van der Waals surface area contributed by atoms with Crippen LogP contribution in [0.3, 0.4) is 0 Å². The van der Waals surface area contributed by atoms with E-state index in [0.717, 1.165) is 31.0 Å². The van der Waals surface area contributed by atoms with Crippen molar-refractivity contribution in [3.05, 3.63) is 12.2 Å². The highest BCUT2D eigenvalue weighted by Crippen LogP contribution is 2.37. The Bertz CT molecular complexity index is 415. The molecule has 2 fully saturated rings. The van der Waals surface area contributed by atoms with E-state index in [1.165, 1.54) is 43.6 Å². The Kier molecular flexibility index (Phi) is 10.7. The van der Waals surface area contributed by atoms with Gasteiger partial charge in [0.15, 0.2) is 0 Å². The van der Waals surface area contributed by atoms with Gasteiger partial charge >= 0.3 is 0 Å². The van der Waals surface area contributed by atoms with Crippen molar-refractivity contribution < 1.29 is 4.74 Å². The van der Waals surface area contributed by atoms with Gasteiger partial charge in [-0.3, -0.25) is 0 Å². The van der Waals surface area contributed by atoms with Gasteiger partial charge in [-0.1, -0.05) is 74.5 Å². The molecule has 0 N–H and O–H groups in total. The van der Waals surface area contributed by atoms with Gasteiger partial charge in [0.1, 0.15) is 0 Å². The zero-order valence-corrected chi connectivity index (χ0v) is 21.4. The maximum Gasteiger partial charge on any atom is 0.0468 e. The highest BCUT2D eigenvalue weighted by molar-refractivity contribution is 7.99. The molecule has 28 heavy (non-hydrogen) atoms. The minimum Gasteiger partial charge on any atom is -0.381 e. The van der Waals surface area contributed by atoms with E-state index in [1.807, 2.05) is 0 Å². The van der Waals surface area contributed by atoms with Gasteiger partial charge in [0.25, 0.3) is 0 Å². The third-order valence-corrected chi connectivity index (χ3v) is 8.00. The largest absolute Gasteiger partial charge is 0.381 e. The summed E-state index contributed by atoms with van der Waals surface area (Å²) in [6, 6.07) is 0. The van der Waals surface area contributed by atoms with Crippen LogP contribution in [-0.2, 0) is 4.74 Å². The van der Waals surface area contributed by atoms with Crippen molar-refractivity contribution in [1.29, 1.82) is 0 Å². The molecule has 0 amide bonds. The molecule has 1 atom stereocenters. The molecule has 2 aliphatic heterocycles. The molecule has 0 aromatic heterocycles. The molecule has 3 rings (SSSR count). The topological polar surface area (TPSA) is 9.23 Å². The Hall–Kier alpha value is 0.0500. The van der Waals surface area contributed by atoms with Gasteiger partial charge in [0, 0.05) is 13.2 Å². The average molecular weight is 411 g/mol. The van der Waals surface area contributed by atoms with Crippen LogP contribution in [0, 0.1) is 34.0 Å². The molecule has 0 saturated carbocycles. The maximum atomic E-state index is 5.29. The lowest BCUT2D eigenvalue weighted by atomic mass is 9.76. The summed E-state index contributed by atoms with van der Waals surface area (Å²) in [4.78, 5) is 0. The maximum absolute atomic E-state index is 5.29. The van der Waals surface area contributed by atoms with Crippen LogP contribution in [0.15, 0.2) is 12.2 Å². The number of allylic oxidation sites excluding steroid dienone is 2. The van der Waals surface area contributed by atoms with Crippen LogP contribution in [0.1, 0.15) is 94.4 Å². The molecule has 3 aliphatic rings. The normalized spacial score (nSPS) is 24.4. The first-order valence-corrected chi connectivity index (χ1v) is 12.8. The minimum atomic E-state index is 0.490. The molecular formula is C26H50OS. The van der Waals surface area contributed by atoms with E-state index in [4.69, 9.17) is 4.74 Å². The summed E-state index contributed by atoms with van der Waals surface area (Å²) in [5.41, 5.74) is 1.57. The van der Waals surface area contributed by atoms with Gasteiger partial charge in [-0.25, -0.2) is 0 Å². The van der Waals surface area contributed by atoms with Gasteiger partial charge in [-0.15, -0.1) is 0 Å². The number of ether oxygens (including phenoxy) is 1. The van der Waals surface area contributed by atoms with E-state index in [1.54, 1.807) is 0 Å². The van der Waals surface area contributed by atoms with Crippen molar-refractivity contribution in [1.82, 2.24) is 0 Å². The van der Waals surface area contributed by atoms with Crippen LogP contribution in [0.2, 0.25) is 0 Å². The smallest absolute Gasteiger partial charge is 0.0468 e. The van der Waals surface area contributed by atoms with E-state index in [-0.39, 0.29) is 0 Å². The monoisotopic (exact) mass is 410 g/mol. The standard InChI is InChI=1S/C9H18O.C9H16.C8H16S/c1-9(2,3)8-4-6-10-7-5-8;1-9(2,3)8-6-4-5-7-8;1-8(2,3)7-4-5-9-6-7/h8H,4-7H2,1-3H3;4-5,8H,6-7H2,1-3H3;7H,4-6H2,1-3H3. The third-order valence-electron chi connectivity index (χ3n) is 6.83. The van der Waals surface area contributed by atoms with Gasteiger partial charge in [-0.2, -0.15) is 11.8 Å². The first-order valence-electron chi connectivity index (χ1n) is 11.6. The second-order valence-corrected chi connectivity index (χ2v) is 13.3.